The minimum Gasteiger partial charge on any atom is -0.481 e. The number of esters is 1. The van der Waals surface area contributed by atoms with E-state index in [9.17, 15) is 9.59 Å². The van der Waals surface area contributed by atoms with Gasteiger partial charge < -0.3 is 14.9 Å². The van der Waals surface area contributed by atoms with E-state index in [1.807, 2.05) is 6.92 Å². The Morgan fingerprint density at radius 3 is 2.38 bits per heavy atom. The molecule has 0 bridgehead atoms. The molecule has 0 radical (unpaired) electrons. The molecule has 0 spiro atoms. The third-order valence-corrected chi connectivity index (χ3v) is 1.41. The highest BCUT2D eigenvalue weighted by atomic mass is 16.5. The van der Waals surface area contributed by atoms with E-state index in [1.54, 1.807) is 0 Å². The molecule has 1 atom stereocenters. The monoisotopic (exact) mass is 190 g/mol. The fourth-order valence-corrected chi connectivity index (χ4v) is 0.759. The first-order valence-corrected chi connectivity index (χ1v) is 4.08. The van der Waals surface area contributed by atoms with Crippen LogP contribution < -0.4 is 0 Å². The van der Waals surface area contributed by atoms with Gasteiger partial charge in [0.15, 0.2) is 0 Å². The third kappa shape index (κ3) is 7.27. The number of aliphatic hydroxyl groups is 1. The molecule has 76 valence electrons. The van der Waals surface area contributed by atoms with Crippen LogP contribution in [-0.4, -0.2) is 34.9 Å². The number of hydrogen-bond donors (Lipinski definition) is 2. The summed E-state index contributed by atoms with van der Waals surface area (Å²) in [7, 11) is 0. The summed E-state index contributed by atoms with van der Waals surface area (Å²) in [6.45, 7) is 1.64. The SMILES string of the molecule is CC1CCC(=O)O1.O=C(O)CCO. The Hall–Kier alpha value is -1.10. The van der Waals surface area contributed by atoms with Crippen molar-refractivity contribution in [2.75, 3.05) is 6.61 Å². The third-order valence-electron chi connectivity index (χ3n) is 1.41. The summed E-state index contributed by atoms with van der Waals surface area (Å²) in [6, 6.07) is 0. The van der Waals surface area contributed by atoms with Gasteiger partial charge in [0.1, 0.15) is 0 Å². The lowest BCUT2D eigenvalue weighted by Crippen LogP contribution is -1.98. The van der Waals surface area contributed by atoms with Gasteiger partial charge in [-0.1, -0.05) is 0 Å². The van der Waals surface area contributed by atoms with E-state index < -0.39 is 5.97 Å². The van der Waals surface area contributed by atoms with E-state index in [-0.39, 0.29) is 25.1 Å². The first kappa shape index (κ1) is 11.9. The number of aliphatic carboxylic acids is 1. The average molecular weight is 190 g/mol. The van der Waals surface area contributed by atoms with Crippen LogP contribution in [0, 0.1) is 0 Å². The molecule has 13 heavy (non-hydrogen) atoms. The zero-order valence-corrected chi connectivity index (χ0v) is 7.52. The van der Waals surface area contributed by atoms with Crippen molar-refractivity contribution >= 4 is 11.9 Å². The van der Waals surface area contributed by atoms with Crippen molar-refractivity contribution in [2.24, 2.45) is 0 Å². The van der Waals surface area contributed by atoms with Crippen LogP contribution in [0.3, 0.4) is 0 Å². The standard InChI is InChI=1S/C5H8O2.C3H6O3/c1-4-2-3-5(6)7-4;4-2-1-3(5)6/h4H,2-3H2,1H3;4H,1-2H2,(H,5,6). The van der Waals surface area contributed by atoms with Crippen LogP contribution in [-0.2, 0) is 14.3 Å². The number of carbonyl (C=O) groups excluding carboxylic acids is 1. The highest BCUT2D eigenvalue weighted by molar-refractivity contribution is 5.71. The Kier molecular flexibility index (Phi) is 5.88. The number of cyclic esters (lactones) is 1. The molecule has 0 saturated carbocycles. The van der Waals surface area contributed by atoms with Crippen LogP contribution in [0.5, 0.6) is 0 Å². The summed E-state index contributed by atoms with van der Waals surface area (Å²) in [5.41, 5.74) is 0. The quantitative estimate of drug-likeness (QED) is 0.606. The number of carbonyl (C=O) groups is 2. The van der Waals surface area contributed by atoms with Gasteiger partial charge in [0.2, 0.25) is 0 Å². The smallest absolute Gasteiger partial charge is 0.306 e. The fourth-order valence-electron chi connectivity index (χ4n) is 0.759. The molecule has 1 aliphatic rings. The zero-order valence-electron chi connectivity index (χ0n) is 7.52. The first-order valence-electron chi connectivity index (χ1n) is 4.08. The van der Waals surface area contributed by atoms with Crippen molar-refractivity contribution in [3.8, 4) is 0 Å². The molecule has 0 aromatic carbocycles. The Balaban J connectivity index is 0.000000226. The fraction of sp³-hybridized carbons (Fsp3) is 0.750. The normalized spacial score (nSPS) is 20.2. The number of hydrogen-bond acceptors (Lipinski definition) is 4. The molecule has 0 aromatic heterocycles. The molecule has 1 aliphatic heterocycles. The van der Waals surface area contributed by atoms with Crippen LogP contribution in [0.4, 0.5) is 0 Å². The molecule has 5 heteroatoms. The van der Waals surface area contributed by atoms with E-state index in [1.165, 1.54) is 0 Å². The maximum absolute atomic E-state index is 10.2. The van der Waals surface area contributed by atoms with E-state index in [2.05, 4.69) is 0 Å². The molecule has 1 saturated heterocycles. The molecule has 1 heterocycles. The molecule has 0 aromatic rings. The second-order valence-electron chi connectivity index (χ2n) is 2.71. The Morgan fingerprint density at radius 1 is 1.69 bits per heavy atom. The van der Waals surface area contributed by atoms with E-state index in [0.29, 0.717) is 6.42 Å². The van der Waals surface area contributed by atoms with Crippen LogP contribution in [0.2, 0.25) is 0 Å². The van der Waals surface area contributed by atoms with E-state index in [0.717, 1.165) is 6.42 Å². The molecule has 0 amide bonds. The minimum absolute atomic E-state index is 0.0486. The number of carboxylic acid groups (broad SMARTS) is 1. The van der Waals surface area contributed by atoms with Gasteiger partial charge >= 0.3 is 11.9 Å². The molecule has 5 nitrogen and oxygen atoms in total. The number of rotatable bonds is 2. The van der Waals surface area contributed by atoms with Crippen molar-refractivity contribution in [1.82, 2.24) is 0 Å². The van der Waals surface area contributed by atoms with Crippen molar-refractivity contribution in [1.29, 1.82) is 0 Å². The summed E-state index contributed by atoms with van der Waals surface area (Å²) in [6.07, 6.45) is 1.53. The van der Waals surface area contributed by atoms with Crippen LogP contribution in [0.15, 0.2) is 0 Å². The predicted octanol–water partition coefficient (Wildman–Crippen LogP) is 0.165. The van der Waals surface area contributed by atoms with Gasteiger partial charge in [-0.15, -0.1) is 0 Å². The highest BCUT2D eigenvalue weighted by Crippen LogP contribution is 2.11. The Bertz CT molecular complexity index is 177. The van der Waals surface area contributed by atoms with Gasteiger partial charge in [-0.05, 0) is 13.3 Å². The van der Waals surface area contributed by atoms with Gasteiger partial charge in [-0.2, -0.15) is 0 Å². The molecular formula is C8H14O5. The molecule has 1 fully saturated rings. The summed E-state index contributed by atoms with van der Waals surface area (Å²) < 4.78 is 4.72. The topological polar surface area (TPSA) is 83.8 Å². The van der Waals surface area contributed by atoms with Crippen molar-refractivity contribution in [3.63, 3.8) is 0 Å². The summed E-state index contributed by atoms with van der Waals surface area (Å²) in [4.78, 5) is 19.7. The van der Waals surface area contributed by atoms with Gasteiger partial charge in [0.05, 0.1) is 19.1 Å². The molecule has 2 N–H and O–H groups in total. The van der Waals surface area contributed by atoms with E-state index >= 15 is 0 Å². The minimum atomic E-state index is -0.961. The molecule has 1 unspecified atom stereocenters. The van der Waals surface area contributed by atoms with Crippen LogP contribution in [0.1, 0.15) is 26.2 Å². The molecular weight excluding hydrogens is 176 g/mol. The maximum atomic E-state index is 10.2. The van der Waals surface area contributed by atoms with Crippen molar-refractivity contribution < 1.29 is 24.5 Å². The van der Waals surface area contributed by atoms with E-state index in [4.69, 9.17) is 14.9 Å². The highest BCUT2D eigenvalue weighted by Gasteiger charge is 2.17. The molecule has 0 aliphatic carbocycles. The van der Waals surface area contributed by atoms with Gasteiger partial charge in [0, 0.05) is 6.42 Å². The van der Waals surface area contributed by atoms with Crippen LogP contribution in [0.25, 0.3) is 0 Å². The second-order valence-corrected chi connectivity index (χ2v) is 2.71. The predicted molar refractivity (Wildman–Crippen MR) is 44.1 cm³/mol. The zero-order chi connectivity index (χ0) is 10.3. The van der Waals surface area contributed by atoms with Crippen molar-refractivity contribution in [3.05, 3.63) is 0 Å². The van der Waals surface area contributed by atoms with Crippen molar-refractivity contribution in [2.45, 2.75) is 32.3 Å². The van der Waals surface area contributed by atoms with Gasteiger partial charge in [0.25, 0.3) is 0 Å². The first-order chi connectivity index (χ1) is 6.06. The van der Waals surface area contributed by atoms with Gasteiger partial charge in [-0.3, -0.25) is 9.59 Å². The average Bonchev–Trinajstić information content (AvgIpc) is 2.35. The number of ether oxygens (including phenoxy) is 1. The summed E-state index contributed by atoms with van der Waals surface area (Å²) in [5, 5.41) is 15.6. The Labute approximate surface area is 76.3 Å². The van der Waals surface area contributed by atoms with Crippen LogP contribution >= 0.6 is 0 Å². The molecule has 1 rings (SSSR count). The number of carboxylic acids is 1. The Morgan fingerprint density at radius 2 is 2.31 bits per heavy atom. The summed E-state index contributed by atoms with van der Waals surface area (Å²) in [5.74, 6) is -1.01. The lowest BCUT2D eigenvalue weighted by Gasteiger charge is -1.95. The lowest BCUT2D eigenvalue weighted by atomic mass is 10.3. The largest absolute Gasteiger partial charge is 0.481 e. The maximum Gasteiger partial charge on any atom is 0.306 e. The summed E-state index contributed by atoms with van der Waals surface area (Å²) >= 11 is 0. The van der Waals surface area contributed by atoms with Gasteiger partial charge in [-0.25, -0.2) is 0 Å². The number of aliphatic hydroxyl groups excluding tert-OH is 1. The second kappa shape index (κ2) is 6.42. The lowest BCUT2D eigenvalue weighted by molar-refractivity contribution is -0.141.